The smallest absolute Gasteiger partial charge is 0.258 e. The zero-order chi connectivity index (χ0) is 17.0. The lowest BCUT2D eigenvalue weighted by molar-refractivity contribution is 0.0953. The third kappa shape index (κ3) is 4.39. The highest BCUT2D eigenvalue weighted by atomic mass is 16.5. The van der Waals surface area contributed by atoms with Crippen LogP contribution >= 0.6 is 0 Å². The largest absolute Gasteiger partial charge is 0.352 e. The third-order valence-corrected chi connectivity index (χ3v) is 3.38. The number of nitrogens with zero attached hydrogens (tertiary/aromatic N) is 2. The molecule has 0 saturated heterocycles. The molecular weight excluding hydrogens is 292 g/mol. The Hall–Kier alpha value is -2.21. The Balaban J connectivity index is 2.24. The van der Waals surface area contributed by atoms with Crippen molar-refractivity contribution in [2.24, 2.45) is 5.73 Å². The molecule has 0 fully saturated rings. The Morgan fingerprint density at radius 3 is 2.65 bits per heavy atom. The van der Waals surface area contributed by atoms with Crippen LogP contribution < -0.4 is 11.1 Å². The molecule has 1 aromatic heterocycles. The van der Waals surface area contributed by atoms with Gasteiger partial charge in [0.2, 0.25) is 0 Å². The number of carbonyl (C=O) groups excluding carboxylic acids is 1. The predicted molar refractivity (Wildman–Crippen MR) is 89.0 cm³/mol. The van der Waals surface area contributed by atoms with Crippen LogP contribution in [-0.4, -0.2) is 28.6 Å². The van der Waals surface area contributed by atoms with Gasteiger partial charge >= 0.3 is 0 Å². The van der Waals surface area contributed by atoms with Crippen LogP contribution in [0.2, 0.25) is 0 Å². The van der Waals surface area contributed by atoms with Gasteiger partial charge in [-0.1, -0.05) is 38.1 Å². The van der Waals surface area contributed by atoms with E-state index >= 15 is 0 Å². The predicted octanol–water partition coefficient (Wildman–Crippen LogP) is 2.50. The number of hydrogen-bond acceptors (Lipinski definition) is 5. The van der Waals surface area contributed by atoms with E-state index in [0.717, 1.165) is 6.42 Å². The summed E-state index contributed by atoms with van der Waals surface area (Å²) in [7, 11) is 0. The second-order valence-corrected chi connectivity index (χ2v) is 6.74. The first kappa shape index (κ1) is 17.1. The number of hydrogen-bond donors (Lipinski definition) is 2. The number of nitrogens with two attached hydrogens (primary N) is 1. The molecule has 0 aliphatic heterocycles. The van der Waals surface area contributed by atoms with E-state index in [4.69, 9.17) is 10.3 Å². The highest BCUT2D eigenvalue weighted by molar-refractivity contribution is 5.99. The van der Waals surface area contributed by atoms with Crippen LogP contribution in [0.15, 0.2) is 28.8 Å². The second kappa shape index (κ2) is 6.91. The van der Waals surface area contributed by atoms with E-state index in [2.05, 4.69) is 15.5 Å². The van der Waals surface area contributed by atoms with E-state index < -0.39 is 0 Å². The lowest BCUT2D eigenvalue weighted by Gasteiger charge is -2.11. The molecule has 0 aliphatic carbocycles. The van der Waals surface area contributed by atoms with Crippen LogP contribution in [0, 0.1) is 0 Å². The van der Waals surface area contributed by atoms with Crippen molar-refractivity contribution in [2.75, 3.05) is 6.54 Å². The Morgan fingerprint density at radius 1 is 1.35 bits per heavy atom. The molecule has 2 aromatic rings. The minimum absolute atomic E-state index is 0.0517. The van der Waals surface area contributed by atoms with Crippen molar-refractivity contribution in [2.45, 2.75) is 45.6 Å². The van der Waals surface area contributed by atoms with E-state index in [0.29, 0.717) is 29.4 Å². The van der Waals surface area contributed by atoms with Gasteiger partial charge in [0.05, 0.1) is 11.1 Å². The van der Waals surface area contributed by atoms with Gasteiger partial charge in [0.25, 0.3) is 11.8 Å². The summed E-state index contributed by atoms with van der Waals surface area (Å²) in [6.07, 6.45) is 0.725. The van der Waals surface area contributed by atoms with Gasteiger partial charge in [-0.15, -0.1) is 0 Å². The molecule has 23 heavy (non-hydrogen) atoms. The monoisotopic (exact) mass is 316 g/mol. The third-order valence-electron chi connectivity index (χ3n) is 3.38. The summed E-state index contributed by atoms with van der Waals surface area (Å²) in [5.41, 5.74) is 6.63. The summed E-state index contributed by atoms with van der Waals surface area (Å²) in [4.78, 5) is 16.8. The van der Waals surface area contributed by atoms with E-state index in [1.807, 2.05) is 39.8 Å². The molecule has 0 aliphatic rings. The maximum absolute atomic E-state index is 12.4. The molecule has 3 N–H and O–H groups in total. The van der Waals surface area contributed by atoms with Crippen molar-refractivity contribution in [3.05, 3.63) is 35.7 Å². The molecule has 2 rings (SSSR count). The van der Waals surface area contributed by atoms with Crippen molar-refractivity contribution in [1.29, 1.82) is 0 Å². The van der Waals surface area contributed by atoms with E-state index in [1.54, 1.807) is 12.1 Å². The first-order valence-corrected chi connectivity index (χ1v) is 7.76. The van der Waals surface area contributed by atoms with E-state index in [9.17, 15) is 4.79 Å². The zero-order valence-corrected chi connectivity index (χ0v) is 14.1. The fraction of sp³-hybridized carbons (Fsp3) is 0.471. The first-order valence-electron chi connectivity index (χ1n) is 7.76. The minimum Gasteiger partial charge on any atom is -0.352 e. The van der Waals surface area contributed by atoms with Crippen LogP contribution in [0.1, 0.15) is 50.3 Å². The molecular formula is C17H24N4O2. The summed E-state index contributed by atoms with van der Waals surface area (Å²) in [5, 5.41) is 6.88. The molecule has 124 valence electrons. The lowest BCUT2D eigenvalue weighted by atomic mass is 9.96. The van der Waals surface area contributed by atoms with E-state index in [-0.39, 0.29) is 17.4 Å². The molecule has 6 nitrogen and oxygen atoms in total. The Kier molecular flexibility index (Phi) is 5.15. The van der Waals surface area contributed by atoms with Gasteiger partial charge in [0.1, 0.15) is 0 Å². The standard InChI is InChI=1S/C17H24N4O2/c1-11(18)9-10-19-14(22)12-7-5-6-8-13(12)15-20-16(21-23-15)17(2,3)4/h5-8,11H,9-10,18H2,1-4H3,(H,19,22). The molecule has 1 atom stereocenters. The van der Waals surface area contributed by atoms with Gasteiger partial charge in [-0.05, 0) is 25.5 Å². The fourth-order valence-electron chi connectivity index (χ4n) is 2.01. The molecule has 0 saturated carbocycles. The summed E-state index contributed by atoms with van der Waals surface area (Å²) in [6, 6.07) is 7.26. The molecule has 1 aromatic carbocycles. The number of rotatable bonds is 5. The average molecular weight is 316 g/mol. The van der Waals surface area contributed by atoms with Crippen molar-refractivity contribution in [1.82, 2.24) is 15.5 Å². The number of amides is 1. The Morgan fingerprint density at radius 2 is 2.04 bits per heavy atom. The first-order chi connectivity index (χ1) is 10.8. The molecule has 1 unspecified atom stereocenters. The highest BCUT2D eigenvalue weighted by Crippen LogP contribution is 2.26. The van der Waals surface area contributed by atoms with Crippen molar-refractivity contribution < 1.29 is 9.32 Å². The van der Waals surface area contributed by atoms with Crippen molar-refractivity contribution in [3.8, 4) is 11.5 Å². The van der Waals surface area contributed by atoms with Gasteiger partial charge in [-0.25, -0.2) is 0 Å². The zero-order valence-electron chi connectivity index (χ0n) is 14.1. The molecule has 1 heterocycles. The number of nitrogens with one attached hydrogen (secondary N) is 1. The normalized spacial score (nSPS) is 12.9. The minimum atomic E-state index is -0.212. The maximum atomic E-state index is 12.4. The van der Waals surface area contributed by atoms with Crippen molar-refractivity contribution in [3.63, 3.8) is 0 Å². The molecule has 1 amide bonds. The van der Waals surface area contributed by atoms with Crippen molar-refractivity contribution >= 4 is 5.91 Å². The van der Waals surface area contributed by atoms with Gasteiger partial charge in [-0.2, -0.15) is 4.98 Å². The molecule has 0 spiro atoms. The Bertz CT molecular complexity index is 671. The fourth-order valence-corrected chi connectivity index (χ4v) is 2.01. The Labute approximate surface area is 136 Å². The number of carbonyl (C=O) groups is 1. The number of benzene rings is 1. The lowest BCUT2D eigenvalue weighted by Crippen LogP contribution is -2.29. The highest BCUT2D eigenvalue weighted by Gasteiger charge is 2.23. The van der Waals surface area contributed by atoms with Crippen LogP contribution in [0.3, 0.4) is 0 Å². The van der Waals surface area contributed by atoms with Crippen LogP contribution in [0.4, 0.5) is 0 Å². The summed E-state index contributed by atoms with van der Waals surface area (Å²) in [5.74, 6) is 0.796. The van der Waals surface area contributed by atoms with Gasteiger partial charge < -0.3 is 15.6 Å². The van der Waals surface area contributed by atoms with Crippen LogP contribution in [0.5, 0.6) is 0 Å². The number of aromatic nitrogens is 2. The second-order valence-electron chi connectivity index (χ2n) is 6.74. The molecule has 0 radical (unpaired) electrons. The van der Waals surface area contributed by atoms with Gasteiger partial charge in [0.15, 0.2) is 5.82 Å². The SMILES string of the molecule is CC(N)CCNC(=O)c1ccccc1-c1nc(C(C)(C)C)no1. The topological polar surface area (TPSA) is 94.0 Å². The molecule has 0 bridgehead atoms. The summed E-state index contributed by atoms with van der Waals surface area (Å²) in [6.45, 7) is 8.46. The quantitative estimate of drug-likeness (QED) is 0.884. The molecule has 6 heteroatoms. The van der Waals surface area contributed by atoms with Gasteiger partial charge in [0, 0.05) is 18.0 Å². The van der Waals surface area contributed by atoms with Gasteiger partial charge in [-0.3, -0.25) is 4.79 Å². The summed E-state index contributed by atoms with van der Waals surface area (Å²) < 4.78 is 5.35. The van der Waals surface area contributed by atoms with E-state index in [1.165, 1.54) is 0 Å². The summed E-state index contributed by atoms with van der Waals surface area (Å²) >= 11 is 0. The van der Waals surface area contributed by atoms with Crippen LogP contribution in [-0.2, 0) is 5.41 Å². The maximum Gasteiger partial charge on any atom is 0.258 e. The average Bonchev–Trinajstić information content (AvgIpc) is 2.96. The van der Waals surface area contributed by atoms with Crippen LogP contribution in [0.25, 0.3) is 11.5 Å².